The summed E-state index contributed by atoms with van der Waals surface area (Å²) >= 11 is 1.47. The highest BCUT2D eigenvalue weighted by molar-refractivity contribution is 7.89. The van der Waals surface area contributed by atoms with E-state index in [1.165, 1.54) is 11.3 Å². The normalized spacial score (nSPS) is 11.7. The van der Waals surface area contributed by atoms with E-state index in [1.54, 1.807) is 19.1 Å². The number of ether oxygens (including phenoxy) is 1. The molecule has 138 valence electrons. The van der Waals surface area contributed by atoms with Gasteiger partial charge in [-0.1, -0.05) is 6.07 Å². The number of hydrogen-bond donors (Lipinski definition) is 1. The molecular weight excluding hydrogens is 374 g/mol. The predicted molar refractivity (Wildman–Crippen MR) is 98.7 cm³/mol. The molecule has 26 heavy (non-hydrogen) atoms. The van der Waals surface area contributed by atoms with Gasteiger partial charge in [-0.2, -0.15) is 0 Å². The van der Waals surface area contributed by atoms with Crippen molar-refractivity contribution in [2.24, 2.45) is 0 Å². The Balaban J connectivity index is 1.76. The Labute approximate surface area is 156 Å². The number of benzene rings is 1. The molecule has 0 spiro atoms. The average molecular weight is 393 g/mol. The number of nitrogens with zero attached hydrogens (tertiary/aromatic N) is 2. The van der Waals surface area contributed by atoms with Crippen LogP contribution < -0.4 is 9.46 Å². The molecule has 0 aliphatic rings. The molecule has 0 fully saturated rings. The maximum Gasteiger partial charge on any atom is 0.257 e. The zero-order valence-corrected chi connectivity index (χ0v) is 16.3. The number of thiophene rings is 1. The van der Waals surface area contributed by atoms with E-state index in [0.717, 1.165) is 10.4 Å². The highest BCUT2D eigenvalue weighted by Crippen LogP contribution is 2.26. The largest absolute Gasteiger partial charge is 0.494 e. The summed E-state index contributed by atoms with van der Waals surface area (Å²) in [6.07, 6.45) is 0. The summed E-state index contributed by atoms with van der Waals surface area (Å²) in [6, 6.07) is 7.07. The van der Waals surface area contributed by atoms with Crippen LogP contribution in [0.2, 0.25) is 0 Å². The standard InChI is InChI=1S/C17H19N3O4S2/c1-4-23-13-8-12(3)15(9-11(13)2)26(21,22)18-10-16-19-20-17(24-16)14-6-5-7-25-14/h5-9,18H,4,10H2,1-3H3. The minimum atomic E-state index is -3.72. The fourth-order valence-electron chi connectivity index (χ4n) is 2.42. The lowest BCUT2D eigenvalue weighted by Crippen LogP contribution is -2.24. The molecule has 9 heteroatoms. The maximum absolute atomic E-state index is 12.6. The third-order valence-electron chi connectivity index (χ3n) is 3.67. The zero-order chi connectivity index (χ0) is 18.7. The van der Waals surface area contributed by atoms with Gasteiger partial charge in [0.05, 0.1) is 22.9 Å². The second-order valence-corrected chi connectivity index (χ2v) is 8.30. The van der Waals surface area contributed by atoms with E-state index in [1.807, 2.05) is 31.4 Å². The van der Waals surface area contributed by atoms with Gasteiger partial charge in [0.15, 0.2) is 0 Å². The molecule has 3 aromatic rings. The average Bonchev–Trinajstić information content (AvgIpc) is 3.27. The lowest BCUT2D eigenvalue weighted by molar-refractivity contribution is 0.337. The van der Waals surface area contributed by atoms with Gasteiger partial charge in [-0.05, 0) is 55.5 Å². The zero-order valence-electron chi connectivity index (χ0n) is 14.6. The number of nitrogens with one attached hydrogen (secondary N) is 1. The van der Waals surface area contributed by atoms with Crippen LogP contribution in [0.25, 0.3) is 10.8 Å². The summed E-state index contributed by atoms with van der Waals surface area (Å²) in [6.45, 7) is 5.88. The molecule has 0 saturated heterocycles. The first-order valence-electron chi connectivity index (χ1n) is 8.00. The second-order valence-electron chi connectivity index (χ2n) is 5.62. The molecule has 0 amide bonds. The Morgan fingerprint density at radius 1 is 1.23 bits per heavy atom. The van der Waals surface area contributed by atoms with Crippen LogP contribution in [0.5, 0.6) is 5.75 Å². The van der Waals surface area contributed by atoms with E-state index < -0.39 is 10.0 Å². The number of aryl methyl sites for hydroxylation is 2. The van der Waals surface area contributed by atoms with Gasteiger partial charge in [-0.3, -0.25) is 0 Å². The molecule has 2 aromatic heterocycles. The molecule has 3 rings (SSSR count). The summed E-state index contributed by atoms with van der Waals surface area (Å²) in [7, 11) is -3.72. The van der Waals surface area contributed by atoms with Crippen molar-refractivity contribution in [3.63, 3.8) is 0 Å². The Bertz CT molecular complexity index is 995. The van der Waals surface area contributed by atoms with Crippen LogP contribution in [-0.4, -0.2) is 25.2 Å². The van der Waals surface area contributed by atoms with E-state index in [2.05, 4.69) is 14.9 Å². The molecule has 1 aromatic carbocycles. The monoisotopic (exact) mass is 393 g/mol. The van der Waals surface area contributed by atoms with Crippen molar-refractivity contribution in [2.75, 3.05) is 6.61 Å². The van der Waals surface area contributed by atoms with Crippen molar-refractivity contribution in [1.82, 2.24) is 14.9 Å². The van der Waals surface area contributed by atoms with Gasteiger partial charge in [0.1, 0.15) is 5.75 Å². The van der Waals surface area contributed by atoms with E-state index in [4.69, 9.17) is 9.15 Å². The fourth-order valence-corrected chi connectivity index (χ4v) is 4.35. The minimum absolute atomic E-state index is 0.0770. The van der Waals surface area contributed by atoms with E-state index >= 15 is 0 Å². The first kappa shape index (κ1) is 18.6. The molecule has 0 radical (unpaired) electrons. The number of hydrogen-bond acceptors (Lipinski definition) is 7. The topological polar surface area (TPSA) is 94.3 Å². The van der Waals surface area contributed by atoms with Crippen LogP contribution in [0.1, 0.15) is 23.9 Å². The molecule has 7 nitrogen and oxygen atoms in total. The van der Waals surface area contributed by atoms with Crippen molar-refractivity contribution in [2.45, 2.75) is 32.2 Å². The molecule has 0 aliphatic heterocycles. The summed E-state index contributed by atoms with van der Waals surface area (Å²) in [5, 5.41) is 9.73. The van der Waals surface area contributed by atoms with Crippen LogP contribution >= 0.6 is 11.3 Å². The Hall–Kier alpha value is -2.23. The summed E-state index contributed by atoms with van der Waals surface area (Å²) in [4.78, 5) is 1.04. The number of sulfonamides is 1. The van der Waals surface area contributed by atoms with Crippen molar-refractivity contribution >= 4 is 21.4 Å². The molecule has 1 N–H and O–H groups in total. The Kier molecular flexibility index (Phi) is 5.40. The smallest absolute Gasteiger partial charge is 0.257 e. The lowest BCUT2D eigenvalue weighted by Gasteiger charge is -2.13. The van der Waals surface area contributed by atoms with Crippen molar-refractivity contribution in [3.8, 4) is 16.5 Å². The number of aromatic nitrogens is 2. The summed E-state index contributed by atoms with van der Waals surface area (Å²) in [5.41, 5.74) is 1.37. The van der Waals surface area contributed by atoms with E-state index in [9.17, 15) is 8.42 Å². The highest BCUT2D eigenvalue weighted by atomic mass is 32.2. The third kappa shape index (κ3) is 3.95. The quantitative estimate of drug-likeness (QED) is 0.662. The first-order valence-corrected chi connectivity index (χ1v) is 10.4. The highest BCUT2D eigenvalue weighted by Gasteiger charge is 2.20. The van der Waals surface area contributed by atoms with Crippen molar-refractivity contribution in [1.29, 1.82) is 0 Å². The molecule has 0 unspecified atom stereocenters. The van der Waals surface area contributed by atoms with Crippen LogP contribution in [0.3, 0.4) is 0 Å². The predicted octanol–water partition coefficient (Wildman–Crippen LogP) is 3.29. The van der Waals surface area contributed by atoms with Crippen LogP contribution in [-0.2, 0) is 16.6 Å². The Morgan fingerprint density at radius 3 is 2.73 bits per heavy atom. The molecule has 0 bridgehead atoms. The molecule has 0 aliphatic carbocycles. The second kappa shape index (κ2) is 7.56. The maximum atomic E-state index is 12.6. The SMILES string of the molecule is CCOc1cc(C)c(S(=O)(=O)NCc2nnc(-c3cccs3)o2)cc1C. The van der Waals surface area contributed by atoms with Crippen molar-refractivity contribution < 1.29 is 17.6 Å². The van der Waals surface area contributed by atoms with Crippen molar-refractivity contribution in [3.05, 3.63) is 46.7 Å². The van der Waals surface area contributed by atoms with E-state index in [0.29, 0.717) is 23.8 Å². The van der Waals surface area contributed by atoms with E-state index in [-0.39, 0.29) is 17.3 Å². The van der Waals surface area contributed by atoms with Gasteiger partial charge in [0.2, 0.25) is 15.9 Å². The van der Waals surface area contributed by atoms with Gasteiger partial charge in [-0.25, -0.2) is 13.1 Å². The summed E-state index contributed by atoms with van der Waals surface area (Å²) < 4.78 is 38.8. The van der Waals surface area contributed by atoms with Gasteiger partial charge in [-0.15, -0.1) is 21.5 Å². The fraction of sp³-hybridized carbons (Fsp3) is 0.294. The molecular formula is C17H19N3O4S2. The van der Waals surface area contributed by atoms with Crippen LogP contribution in [0, 0.1) is 13.8 Å². The first-order chi connectivity index (χ1) is 12.4. The number of rotatable bonds is 7. The van der Waals surface area contributed by atoms with Gasteiger partial charge < -0.3 is 9.15 Å². The van der Waals surface area contributed by atoms with Crippen LogP contribution in [0.4, 0.5) is 0 Å². The van der Waals surface area contributed by atoms with Gasteiger partial charge in [0, 0.05) is 0 Å². The van der Waals surface area contributed by atoms with Gasteiger partial charge >= 0.3 is 0 Å². The molecule has 0 atom stereocenters. The molecule has 0 saturated carbocycles. The van der Waals surface area contributed by atoms with Crippen LogP contribution in [0.15, 0.2) is 39.0 Å². The van der Waals surface area contributed by atoms with Gasteiger partial charge in [0.25, 0.3) is 5.89 Å². The third-order valence-corrected chi connectivity index (χ3v) is 6.08. The molecule has 2 heterocycles. The lowest BCUT2D eigenvalue weighted by atomic mass is 10.1. The Morgan fingerprint density at radius 2 is 2.04 bits per heavy atom. The summed E-state index contributed by atoms with van der Waals surface area (Å²) in [5.74, 6) is 1.26. The minimum Gasteiger partial charge on any atom is -0.494 e.